The molecule has 2 saturated heterocycles. The van der Waals surface area contributed by atoms with Crippen LogP contribution in [0.3, 0.4) is 0 Å². The maximum atomic E-state index is 11.5. The molecule has 2 aromatic carbocycles. The molecule has 4 heterocycles. The maximum Gasteiger partial charge on any atom is 0.320 e. The minimum absolute atomic E-state index is 0.237. The van der Waals surface area contributed by atoms with Gasteiger partial charge in [-0.25, -0.2) is 9.97 Å². The molecule has 0 aliphatic carbocycles. The minimum atomic E-state index is -0.738. The van der Waals surface area contributed by atoms with E-state index in [2.05, 4.69) is 44.8 Å². The minimum Gasteiger partial charge on any atom is -0.480 e. The van der Waals surface area contributed by atoms with E-state index in [1.807, 2.05) is 29.2 Å². The first-order valence-corrected chi connectivity index (χ1v) is 12.5. The van der Waals surface area contributed by atoms with Crippen LogP contribution < -0.4 is 15.5 Å². The second-order valence-electron chi connectivity index (χ2n) is 9.57. The summed E-state index contributed by atoms with van der Waals surface area (Å²) in [6, 6.07) is 16.0. The molecular weight excluding hydrogens is 456 g/mol. The van der Waals surface area contributed by atoms with E-state index in [0.29, 0.717) is 25.5 Å². The van der Waals surface area contributed by atoms with Gasteiger partial charge in [0.2, 0.25) is 5.95 Å². The summed E-state index contributed by atoms with van der Waals surface area (Å²) in [5.41, 5.74) is 6.32. The smallest absolute Gasteiger partial charge is 0.320 e. The van der Waals surface area contributed by atoms with Crippen LogP contribution in [-0.4, -0.2) is 64.5 Å². The third-order valence-corrected chi connectivity index (χ3v) is 7.21. The number of benzene rings is 2. The zero-order valence-electron chi connectivity index (χ0n) is 20.1. The van der Waals surface area contributed by atoms with Crippen molar-refractivity contribution in [3.05, 3.63) is 65.9 Å². The van der Waals surface area contributed by atoms with E-state index in [0.717, 1.165) is 55.2 Å². The number of carbonyl (C=O) groups is 1. The highest BCUT2D eigenvalue weighted by Gasteiger charge is 2.30. The lowest BCUT2D eigenvalue weighted by Gasteiger charge is -2.42. The van der Waals surface area contributed by atoms with E-state index in [-0.39, 0.29) is 6.17 Å². The molecule has 0 bridgehead atoms. The number of anilines is 3. The molecule has 2 fully saturated rings. The Hall–Kier alpha value is -3.53. The first-order chi connectivity index (χ1) is 17.6. The average Bonchev–Trinajstić information content (AvgIpc) is 3.37. The number of fused-ring (bicyclic) bond motifs is 3. The fraction of sp³-hybridized carbons (Fsp3) is 0.370. The number of nitrogens with zero attached hydrogens (tertiary/aromatic N) is 4. The van der Waals surface area contributed by atoms with Crippen molar-refractivity contribution < 1.29 is 14.6 Å². The lowest BCUT2D eigenvalue weighted by atomic mass is 10.1. The summed E-state index contributed by atoms with van der Waals surface area (Å²) in [6.07, 6.45) is 3.63. The molecule has 0 radical (unpaired) electrons. The van der Waals surface area contributed by atoms with Crippen LogP contribution in [0, 0.1) is 0 Å². The van der Waals surface area contributed by atoms with Crippen molar-refractivity contribution in [1.29, 1.82) is 0 Å². The van der Waals surface area contributed by atoms with Crippen molar-refractivity contribution in [2.24, 2.45) is 0 Å². The second kappa shape index (κ2) is 9.85. The van der Waals surface area contributed by atoms with E-state index < -0.39 is 12.0 Å². The number of hydrogen-bond acceptors (Lipinski definition) is 8. The number of aliphatic carboxylic acids is 1. The number of carboxylic acids is 1. The van der Waals surface area contributed by atoms with Crippen LogP contribution in [0.1, 0.15) is 24.0 Å². The predicted molar refractivity (Wildman–Crippen MR) is 137 cm³/mol. The van der Waals surface area contributed by atoms with Crippen molar-refractivity contribution >= 4 is 23.3 Å². The van der Waals surface area contributed by atoms with Crippen LogP contribution in [0.5, 0.6) is 0 Å². The third kappa shape index (κ3) is 4.65. The lowest BCUT2D eigenvalue weighted by molar-refractivity contribution is -0.142. The van der Waals surface area contributed by atoms with Crippen molar-refractivity contribution in [2.75, 3.05) is 36.5 Å². The van der Waals surface area contributed by atoms with Gasteiger partial charge in [-0.3, -0.25) is 15.0 Å². The summed E-state index contributed by atoms with van der Waals surface area (Å²) < 4.78 is 5.60. The molecule has 0 spiro atoms. The predicted octanol–water partition coefficient (Wildman–Crippen LogP) is 3.20. The van der Waals surface area contributed by atoms with Gasteiger partial charge < -0.3 is 20.1 Å². The van der Waals surface area contributed by atoms with Crippen molar-refractivity contribution in [3.63, 3.8) is 0 Å². The summed E-state index contributed by atoms with van der Waals surface area (Å²) >= 11 is 0. The number of rotatable bonds is 6. The standard InChI is InChI=1S/C27H30N6O3/c34-26(35)24-5-2-10-32(24)16-18-3-1-4-19(13-18)22-8-9-28-27(31-22)30-21-6-7-23-20(14-21)15-29-25-17-36-12-11-33(23)25/h1,3-4,6-9,13-14,24-25,29H,2,5,10-12,15-17H2,(H,34,35)(H,28,30,31). The van der Waals surface area contributed by atoms with Gasteiger partial charge in [-0.05, 0) is 60.8 Å². The van der Waals surface area contributed by atoms with E-state index in [4.69, 9.17) is 9.72 Å². The normalized spacial score (nSPS) is 21.6. The highest BCUT2D eigenvalue weighted by Crippen LogP contribution is 2.31. The Balaban J connectivity index is 1.18. The first-order valence-electron chi connectivity index (χ1n) is 12.5. The number of carboxylic acid groups (broad SMARTS) is 1. The Kier molecular flexibility index (Phi) is 6.27. The van der Waals surface area contributed by atoms with Gasteiger partial charge in [0.15, 0.2) is 0 Å². The van der Waals surface area contributed by atoms with Gasteiger partial charge in [-0.1, -0.05) is 18.2 Å². The van der Waals surface area contributed by atoms with E-state index >= 15 is 0 Å². The van der Waals surface area contributed by atoms with Gasteiger partial charge in [0.1, 0.15) is 12.2 Å². The lowest BCUT2D eigenvalue weighted by Crippen LogP contribution is -2.56. The van der Waals surface area contributed by atoms with Gasteiger partial charge in [0, 0.05) is 42.8 Å². The molecule has 9 nitrogen and oxygen atoms in total. The Morgan fingerprint density at radius 3 is 3.06 bits per heavy atom. The Morgan fingerprint density at radius 1 is 1.19 bits per heavy atom. The van der Waals surface area contributed by atoms with E-state index in [1.54, 1.807) is 6.20 Å². The number of morpholine rings is 1. The molecule has 36 heavy (non-hydrogen) atoms. The number of hydrogen-bond donors (Lipinski definition) is 3. The van der Waals surface area contributed by atoms with E-state index in [9.17, 15) is 9.90 Å². The summed E-state index contributed by atoms with van der Waals surface area (Å²) in [6.45, 7) is 4.57. The number of aromatic nitrogens is 2. The monoisotopic (exact) mass is 486 g/mol. The fourth-order valence-electron chi connectivity index (χ4n) is 5.44. The molecule has 0 amide bonds. The molecule has 1 aromatic heterocycles. The zero-order valence-corrected chi connectivity index (χ0v) is 20.1. The van der Waals surface area contributed by atoms with Crippen molar-refractivity contribution in [2.45, 2.75) is 38.1 Å². The van der Waals surface area contributed by atoms with Gasteiger partial charge in [-0.2, -0.15) is 0 Å². The largest absolute Gasteiger partial charge is 0.480 e. The molecule has 9 heteroatoms. The molecule has 0 saturated carbocycles. The van der Waals surface area contributed by atoms with Gasteiger partial charge in [-0.15, -0.1) is 0 Å². The van der Waals surface area contributed by atoms with Gasteiger partial charge in [0.25, 0.3) is 0 Å². The zero-order chi connectivity index (χ0) is 24.5. The van der Waals surface area contributed by atoms with Gasteiger partial charge in [0.05, 0.1) is 18.9 Å². The molecule has 3 aliphatic rings. The average molecular weight is 487 g/mol. The van der Waals surface area contributed by atoms with Crippen LogP contribution >= 0.6 is 0 Å². The second-order valence-corrected chi connectivity index (χ2v) is 9.57. The fourth-order valence-corrected chi connectivity index (χ4v) is 5.44. The number of likely N-dealkylation sites (tertiary alicyclic amines) is 1. The van der Waals surface area contributed by atoms with Gasteiger partial charge >= 0.3 is 5.97 Å². The summed E-state index contributed by atoms with van der Waals surface area (Å²) in [7, 11) is 0. The Labute approximate surface area is 210 Å². The summed E-state index contributed by atoms with van der Waals surface area (Å²) in [5, 5.41) is 16.4. The van der Waals surface area contributed by atoms with Crippen molar-refractivity contribution in [1.82, 2.24) is 20.2 Å². The number of nitrogens with one attached hydrogen (secondary N) is 2. The van der Waals surface area contributed by atoms with Crippen molar-refractivity contribution in [3.8, 4) is 11.3 Å². The molecule has 3 N–H and O–H groups in total. The van der Waals surface area contributed by atoms with Crippen LogP contribution in [0.4, 0.5) is 17.3 Å². The molecular formula is C27H30N6O3. The quantitative estimate of drug-likeness (QED) is 0.485. The maximum absolute atomic E-state index is 11.5. The molecule has 2 atom stereocenters. The molecule has 3 aromatic rings. The van der Waals surface area contributed by atoms with Crippen LogP contribution in [0.2, 0.25) is 0 Å². The van der Waals surface area contributed by atoms with Crippen LogP contribution in [0.25, 0.3) is 11.3 Å². The van der Waals surface area contributed by atoms with Crippen LogP contribution in [0.15, 0.2) is 54.7 Å². The summed E-state index contributed by atoms with van der Waals surface area (Å²) in [4.78, 5) is 25.1. The number of ether oxygens (including phenoxy) is 1. The van der Waals surface area contributed by atoms with E-state index in [1.165, 1.54) is 11.3 Å². The molecule has 2 unspecified atom stereocenters. The van der Waals surface area contributed by atoms with Crippen LogP contribution in [-0.2, 0) is 22.6 Å². The molecule has 6 rings (SSSR count). The first kappa shape index (κ1) is 22.9. The highest BCUT2D eigenvalue weighted by molar-refractivity contribution is 5.74. The Morgan fingerprint density at radius 2 is 2.14 bits per heavy atom. The molecule has 3 aliphatic heterocycles. The SMILES string of the molecule is O=C(O)C1CCCN1Cc1cccc(-c2ccnc(Nc3ccc4c(c3)CNC3COCCN43)n2)c1. The summed E-state index contributed by atoms with van der Waals surface area (Å²) in [5.74, 6) is -0.200. The highest BCUT2D eigenvalue weighted by atomic mass is 16.5. The molecule has 186 valence electrons. The third-order valence-electron chi connectivity index (χ3n) is 7.21. The Bertz CT molecular complexity index is 1270. The topological polar surface area (TPSA) is 103 Å².